The van der Waals surface area contributed by atoms with Gasteiger partial charge in [-0.1, -0.05) is 19.1 Å². The number of ether oxygens (including phenoxy) is 1. The average molecular weight is 334 g/mol. The zero-order chi connectivity index (χ0) is 17.0. The number of carbonyl (C=O) groups is 1. The first-order valence-electron chi connectivity index (χ1n) is 6.89. The minimum atomic E-state index is -3.83. The molecule has 0 radical (unpaired) electrons. The number of aromatic carboxylic acids is 1. The van der Waals surface area contributed by atoms with Gasteiger partial charge in [0.25, 0.3) is 10.0 Å². The molecule has 0 saturated heterocycles. The first-order valence-corrected chi connectivity index (χ1v) is 8.37. The number of carboxylic acid groups (broad SMARTS) is 1. The van der Waals surface area contributed by atoms with Gasteiger partial charge in [-0.2, -0.15) is 0 Å². The van der Waals surface area contributed by atoms with E-state index in [1.165, 1.54) is 49.6 Å². The Labute approximate surface area is 134 Å². The second kappa shape index (κ2) is 6.70. The summed E-state index contributed by atoms with van der Waals surface area (Å²) in [7, 11) is -2.35. The summed E-state index contributed by atoms with van der Waals surface area (Å²) in [5.41, 5.74) is 0.581. The second-order valence-electron chi connectivity index (χ2n) is 4.75. The molecule has 0 heterocycles. The SMILES string of the molecule is CCc1c(NS(=O)(=O)c2ccc(OC)cc2)cccc1C(=O)[O-]. The lowest BCUT2D eigenvalue weighted by atomic mass is 10.0. The monoisotopic (exact) mass is 334 g/mol. The fourth-order valence-corrected chi connectivity index (χ4v) is 3.31. The van der Waals surface area contributed by atoms with Crippen LogP contribution in [-0.4, -0.2) is 21.5 Å². The lowest BCUT2D eigenvalue weighted by Crippen LogP contribution is -2.24. The van der Waals surface area contributed by atoms with Crippen molar-refractivity contribution < 1.29 is 23.1 Å². The highest BCUT2D eigenvalue weighted by molar-refractivity contribution is 7.92. The Morgan fingerprint density at radius 1 is 1.17 bits per heavy atom. The van der Waals surface area contributed by atoms with E-state index in [9.17, 15) is 18.3 Å². The molecule has 0 amide bonds. The minimum absolute atomic E-state index is 0.0255. The van der Waals surface area contributed by atoms with Crippen molar-refractivity contribution in [1.29, 1.82) is 0 Å². The molecule has 0 aromatic heterocycles. The molecular weight excluding hydrogens is 318 g/mol. The van der Waals surface area contributed by atoms with Crippen LogP contribution in [0.2, 0.25) is 0 Å². The zero-order valence-electron chi connectivity index (χ0n) is 12.7. The summed E-state index contributed by atoms with van der Waals surface area (Å²) in [6.45, 7) is 1.74. The number of hydrogen-bond donors (Lipinski definition) is 1. The number of rotatable bonds is 6. The van der Waals surface area contributed by atoms with Gasteiger partial charge < -0.3 is 14.6 Å². The van der Waals surface area contributed by atoms with Crippen LogP contribution in [0.1, 0.15) is 22.8 Å². The first kappa shape index (κ1) is 16.8. The molecule has 23 heavy (non-hydrogen) atoms. The molecule has 0 aliphatic heterocycles. The largest absolute Gasteiger partial charge is 0.545 e. The summed E-state index contributed by atoms with van der Waals surface area (Å²) >= 11 is 0. The molecule has 0 aliphatic rings. The Morgan fingerprint density at radius 2 is 1.83 bits per heavy atom. The van der Waals surface area contributed by atoms with E-state index in [1.807, 2.05) is 0 Å². The molecule has 0 spiro atoms. The molecule has 1 N–H and O–H groups in total. The molecule has 2 aromatic carbocycles. The molecule has 2 rings (SSSR count). The highest BCUT2D eigenvalue weighted by Gasteiger charge is 2.17. The van der Waals surface area contributed by atoms with Gasteiger partial charge in [0.2, 0.25) is 0 Å². The highest BCUT2D eigenvalue weighted by Crippen LogP contribution is 2.24. The van der Waals surface area contributed by atoms with E-state index in [0.29, 0.717) is 17.7 Å². The number of carbonyl (C=O) groups excluding carboxylic acids is 1. The molecule has 2 aromatic rings. The number of hydrogen-bond acceptors (Lipinski definition) is 5. The van der Waals surface area contributed by atoms with Crippen molar-refractivity contribution in [2.75, 3.05) is 11.8 Å². The molecule has 6 nitrogen and oxygen atoms in total. The molecule has 122 valence electrons. The third-order valence-electron chi connectivity index (χ3n) is 3.36. The van der Waals surface area contributed by atoms with E-state index >= 15 is 0 Å². The smallest absolute Gasteiger partial charge is 0.261 e. The topological polar surface area (TPSA) is 95.5 Å². The maximum Gasteiger partial charge on any atom is 0.261 e. The van der Waals surface area contributed by atoms with E-state index in [0.717, 1.165) is 0 Å². The summed E-state index contributed by atoms with van der Waals surface area (Å²) in [5, 5.41) is 11.1. The van der Waals surface area contributed by atoms with Crippen LogP contribution in [0.5, 0.6) is 5.75 Å². The van der Waals surface area contributed by atoms with Gasteiger partial charge >= 0.3 is 0 Å². The van der Waals surface area contributed by atoms with E-state index < -0.39 is 16.0 Å². The Hall–Kier alpha value is -2.54. The van der Waals surface area contributed by atoms with Gasteiger partial charge in [-0.25, -0.2) is 8.42 Å². The van der Waals surface area contributed by atoms with Crippen molar-refractivity contribution in [3.63, 3.8) is 0 Å². The summed E-state index contributed by atoms with van der Waals surface area (Å²) in [4.78, 5) is 11.2. The van der Waals surface area contributed by atoms with Crippen LogP contribution in [-0.2, 0) is 16.4 Å². The maximum absolute atomic E-state index is 12.4. The quantitative estimate of drug-likeness (QED) is 0.862. The summed E-state index contributed by atoms with van der Waals surface area (Å²) < 4.78 is 32.3. The summed E-state index contributed by atoms with van der Waals surface area (Å²) in [6, 6.07) is 10.3. The number of benzene rings is 2. The van der Waals surface area contributed by atoms with E-state index in [4.69, 9.17) is 4.74 Å². The van der Waals surface area contributed by atoms with Gasteiger partial charge in [0.1, 0.15) is 5.75 Å². The number of carboxylic acids is 1. The van der Waals surface area contributed by atoms with Gasteiger partial charge in [0.15, 0.2) is 0 Å². The van der Waals surface area contributed by atoms with Crippen molar-refractivity contribution in [1.82, 2.24) is 0 Å². The normalized spacial score (nSPS) is 11.0. The third kappa shape index (κ3) is 3.62. The average Bonchev–Trinajstić information content (AvgIpc) is 2.54. The minimum Gasteiger partial charge on any atom is -0.545 e. The Bertz CT molecular complexity index is 813. The first-order chi connectivity index (χ1) is 10.9. The standard InChI is InChI=1S/C16H17NO5S/c1-3-13-14(16(18)19)5-4-6-15(13)17-23(20,21)12-9-7-11(22-2)8-10-12/h4-10,17H,3H2,1-2H3,(H,18,19)/p-1. The van der Waals surface area contributed by atoms with Crippen molar-refractivity contribution in [2.24, 2.45) is 0 Å². The molecule has 0 atom stereocenters. The fourth-order valence-electron chi connectivity index (χ4n) is 2.21. The van der Waals surface area contributed by atoms with Crippen LogP contribution in [0.15, 0.2) is 47.4 Å². The third-order valence-corrected chi connectivity index (χ3v) is 4.74. The molecule has 0 unspecified atom stereocenters. The fraction of sp³-hybridized carbons (Fsp3) is 0.188. The zero-order valence-corrected chi connectivity index (χ0v) is 13.5. The predicted octanol–water partition coefficient (Wildman–Crippen LogP) is 1.42. The Balaban J connectivity index is 2.40. The second-order valence-corrected chi connectivity index (χ2v) is 6.44. The number of nitrogens with one attached hydrogen (secondary N) is 1. The predicted molar refractivity (Wildman–Crippen MR) is 84.0 cm³/mol. The van der Waals surface area contributed by atoms with E-state index in [2.05, 4.69) is 4.72 Å². The van der Waals surface area contributed by atoms with Crippen LogP contribution < -0.4 is 14.6 Å². The molecule has 7 heteroatoms. The summed E-state index contributed by atoms with van der Waals surface area (Å²) in [5.74, 6) is -0.801. The molecule has 0 saturated carbocycles. The van der Waals surface area contributed by atoms with Gasteiger partial charge in [0, 0.05) is 5.56 Å². The van der Waals surface area contributed by atoms with Crippen LogP contribution >= 0.6 is 0 Å². The van der Waals surface area contributed by atoms with Crippen LogP contribution in [0.3, 0.4) is 0 Å². The van der Waals surface area contributed by atoms with Crippen molar-refractivity contribution in [2.45, 2.75) is 18.2 Å². The van der Waals surface area contributed by atoms with Crippen LogP contribution in [0.4, 0.5) is 5.69 Å². The molecule has 0 fully saturated rings. The van der Waals surface area contributed by atoms with Crippen LogP contribution in [0.25, 0.3) is 0 Å². The number of anilines is 1. The molecular formula is C16H16NO5S-. The maximum atomic E-state index is 12.4. The highest BCUT2D eigenvalue weighted by atomic mass is 32.2. The van der Waals surface area contributed by atoms with Crippen LogP contribution in [0, 0.1) is 0 Å². The molecule has 0 bridgehead atoms. The Kier molecular flexibility index (Phi) is 4.90. The summed E-state index contributed by atoms with van der Waals surface area (Å²) in [6.07, 6.45) is 0.352. The van der Waals surface area contributed by atoms with E-state index in [-0.39, 0.29) is 16.1 Å². The van der Waals surface area contributed by atoms with Crippen molar-refractivity contribution in [3.8, 4) is 5.75 Å². The van der Waals surface area contributed by atoms with Gasteiger partial charge in [-0.15, -0.1) is 0 Å². The van der Waals surface area contributed by atoms with Gasteiger partial charge in [-0.05, 0) is 42.3 Å². The lowest BCUT2D eigenvalue weighted by Gasteiger charge is -2.16. The van der Waals surface area contributed by atoms with Crippen molar-refractivity contribution >= 4 is 21.7 Å². The van der Waals surface area contributed by atoms with Crippen molar-refractivity contribution in [3.05, 3.63) is 53.6 Å². The van der Waals surface area contributed by atoms with Gasteiger partial charge in [-0.3, -0.25) is 4.72 Å². The molecule has 0 aliphatic carbocycles. The van der Waals surface area contributed by atoms with Gasteiger partial charge in [0.05, 0.1) is 23.7 Å². The Morgan fingerprint density at radius 3 is 2.35 bits per heavy atom. The number of methoxy groups -OCH3 is 1. The van der Waals surface area contributed by atoms with E-state index in [1.54, 1.807) is 6.92 Å². The number of sulfonamides is 1. The lowest BCUT2D eigenvalue weighted by molar-refractivity contribution is -0.255.